The molecule has 0 saturated carbocycles. The summed E-state index contributed by atoms with van der Waals surface area (Å²) in [4.78, 5) is 16.0. The number of nitrogens with zero attached hydrogens (tertiary/aromatic N) is 4. The van der Waals surface area contributed by atoms with Crippen LogP contribution in [0, 0.1) is 0 Å². The quantitative estimate of drug-likeness (QED) is 0.798. The summed E-state index contributed by atoms with van der Waals surface area (Å²) >= 11 is 8.02. The van der Waals surface area contributed by atoms with E-state index in [0.29, 0.717) is 5.15 Å². The van der Waals surface area contributed by atoms with Crippen LogP contribution in [0.25, 0.3) is 10.2 Å². The third kappa shape index (κ3) is 2.55. The van der Waals surface area contributed by atoms with Gasteiger partial charge in [-0.2, -0.15) is 0 Å². The van der Waals surface area contributed by atoms with E-state index in [1.807, 2.05) is 0 Å². The Morgan fingerprint density at radius 2 is 2.00 bits per heavy atom. The molecule has 3 rings (SSSR count). The van der Waals surface area contributed by atoms with Crippen LogP contribution in [0.3, 0.4) is 0 Å². The second-order valence-corrected chi connectivity index (χ2v) is 6.36. The summed E-state index contributed by atoms with van der Waals surface area (Å²) in [6, 6.07) is 2.11. The highest BCUT2D eigenvalue weighted by atomic mass is 35.5. The average Bonchev–Trinajstić information content (AvgIpc) is 2.83. The van der Waals surface area contributed by atoms with Crippen LogP contribution in [0.5, 0.6) is 0 Å². The van der Waals surface area contributed by atoms with E-state index in [9.17, 15) is 0 Å². The molecule has 0 N–H and O–H groups in total. The lowest BCUT2D eigenvalue weighted by atomic mass is 10.3. The minimum atomic E-state index is 0.579. The molecule has 2 aromatic rings. The molecular formula is C13H17ClN4S. The molecule has 0 spiro atoms. The molecule has 6 heteroatoms. The lowest BCUT2D eigenvalue weighted by Gasteiger charge is -2.32. The van der Waals surface area contributed by atoms with Crippen LogP contribution in [0.15, 0.2) is 6.07 Å². The largest absolute Gasteiger partial charge is 0.338 e. The second-order valence-electron chi connectivity index (χ2n) is 4.89. The topological polar surface area (TPSA) is 32.3 Å². The van der Waals surface area contributed by atoms with Gasteiger partial charge in [0.2, 0.25) is 5.95 Å². The van der Waals surface area contributed by atoms with Crippen LogP contribution in [0.1, 0.15) is 11.8 Å². The predicted octanol–water partition coefficient (Wildman–Crippen LogP) is 2.66. The zero-order chi connectivity index (χ0) is 13.4. The molecule has 1 fully saturated rings. The van der Waals surface area contributed by atoms with E-state index in [0.717, 1.165) is 48.8 Å². The van der Waals surface area contributed by atoms with Crippen molar-refractivity contribution < 1.29 is 0 Å². The van der Waals surface area contributed by atoms with Gasteiger partial charge >= 0.3 is 0 Å². The van der Waals surface area contributed by atoms with E-state index in [4.69, 9.17) is 11.6 Å². The van der Waals surface area contributed by atoms with Gasteiger partial charge in [0.25, 0.3) is 0 Å². The Morgan fingerprint density at radius 1 is 1.26 bits per heavy atom. The molecule has 0 amide bonds. The van der Waals surface area contributed by atoms with Gasteiger partial charge in [-0.3, -0.25) is 0 Å². The van der Waals surface area contributed by atoms with Crippen LogP contribution in [-0.4, -0.2) is 48.1 Å². The summed E-state index contributed by atoms with van der Waals surface area (Å²) in [5.74, 6) is 0.773. The zero-order valence-electron chi connectivity index (χ0n) is 11.2. The van der Waals surface area contributed by atoms with Crippen molar-refractivity contribution in [1.82, 2.24) is 14.9 Å². The minimum Gasteiger partial charge on any atom is -0.338 e. The summed E-state index contributed by atoms with van der Waals surface area (Å²) in [5.41, 5.74) is 0. The zero-order valence-corrected chi connectivity index (χ0v) is 12.8. The maximum atomic E-state index is 6.30. The Kier molecular flexibility index (Phi) is 3.60. The second kappa shape index (κ2) is 5.23. The molecule has 2 aromatic heterocycles. The number of thiophene rings is 1. The Labute approximate surface area is 122 Å². The molecule has 0 atom stereocenters. The Bertz CT molecular complexity index is 590. The van der Waals surface area contributed by atoms with Crippen LogP contribution in [0.4, 0.5) is 5.95 Å². The Hall–Kier alpha value is -0.910. The molecule has 1 saturated heterocycles. The summed E-state index contributed by atoms with van der Waals surface area (Å²) in [6.07, 6.45) is 1.02. The van der Waals surface area contributed by atoms with Gasteiger partial charge in [0.1, 0.15) is 9.98 Å². The number of piperazine rings is 1. The Morgan fingerprint density at radius 3 is 2.68 bits per heavy atom. The van der Waals surface area contributed by atoms with Crippen LogP contribution >= 0.6 is 22.9 Å². The van der Waals surface area contributed by atoms with Gasteiger partial charge in [0.05, 0.1) is 0 Å². The monoisotopic (exact) mass is 296 g/mol. The van der Waals surface area contributed by atoms with Gasteiger partial charge in [-0.15, -0.1) is 11.3 Å². The number of hydrogen-bond donors (Lipinski definition) is 0. The SMILES string of the molecule is CCc1cc2c(Cl)nc(N3CCN(C)CC3)nc2s1. The van der Waals surface area contributed by atoms with E-state index < -0.39 is 0 Å². The highest BCUT2D eigenvalue weighted by Gasteiger charge is 2.18. The van der Waals surface area contributed by atoms with Crippen molar-refractivity contribution in [3.05, 3.63) is 16.1 Å². The molecule has 4 nitrogen and oxygen atoms in total. The van der Waals surface area contributed by atoms with Crippen molar-refractivity contribution in [2.24, 2.45) is 0 Å². The standard InChI is InChI=1S/C13H17ClN4S/c1-3-9-8-10-11(14)15-13(16-12(10)19-9)18-6-4-17(2)5-7-18/h8H,3-7H2,1-2H3. The lowest BCUT2D eigenvalue weighted by molar-refractivity contribution is 0.311. The molecule has 19 heavy (non-hydrogen) atoms. The van der Waals surface area contributed by atoms with E-state index in [1.54, 1.807) is 11.3 Å². The highest BCUT2D eigenvalue weighted by Crippen LogP contribution is 2.31. The summed E-state index contributed by atoms with van der Waals surface area (Å²) < 4.78 is 0. The molecule has 0 aromatic carbocycles. The number of fused-ring (bicyclic) bond motifs is 1. The fourth-order valence-corrected chi connectivity index (χ4v) is 3.49. The summed E-state index contributed by atoms with van der Waals surface area (Å²) in [6.45, 7) is 6.16. The smallest absolute Gasteiger partial charge is 0.228 e. The van der Waals surface area contributed by atoms with Gasteiger partial charge in [-0.1, -0.05) is 18.5 Å². The maximum absolute atomic E-state index is 6.30. The van der Waals surface area contributed by atoms with Crippen molar-refractivity contribution in [1.29, 1.82) is 0 Å². The third-order valence-electron chi connectivity index (χ3n) is 3.52. The number of hydrogen-bond acceptors (Lipinski definition) is 5. The molecule has 0 aliphatic carbocycles. The number of anilines is 1. The van der Waals surface area contributed by atoms with Crippen LogP contribution in [-0.2, 0) is 6.42 Å². The van der Waals surface area contributed by atoms with Crippen molar-refractivity contribution in [2.75, 3.05) is 38.1 Å². The van der Waals surface area contributed by atoms with Crippen molar-refractivity contribution in [3.8, 4) is 0 Å². The lowest BCUT2D eigenvalue weighted by Crippen LogP contribution is -2.45. The molecule has 0 unspecified atom stereocenters. The predicted molar refractivity (Wildman–Crippen MR) is 81.5 cm³/mol. The molecule has 0 radical (unpaired) electrons. The fraction of sp³-hybridized carbons (Fsp3) is 0.538. The Balaban J connectivity index is 1.96. The number of likely N-dealkylation sites (N-methyl/N-ethyl adjacent to an activating group) is 1. The first-order chi connectivity index (χ1) is 9.17. The van der Waals surface area contributed by atoms with Gasteiger partial charge in [0, 0.05) is 36.4 Å². The van der Waals surface area contributed by atoms with Crippen molar-refractivity contribution in [2.45, 2.75) is 13.3 Å². The minimum absolute atomic E-state index is 0.579. The summed E-state index contributed by atoms with van der Waals surface area (Å²) in [5, 5.41) is 1.57. The maximum Gasteiger partial charge on any atom is 0.228 e. The summed E-state index contributed by atoms with van der Waals surface area (Å²) in [7, 11) is 2.14. The molecule has 3 heterocycles. The van der Waals surface area contributed by atoms with Crippen LogP contribution in [0.2, 0.25) is 5.15 Å². The van der Waals surface area contributed by atoms with Gasteiger partial charge in [0.15, 0.2) is 0 Å². The van der Waals surface area contributed by atoms with Crippen LogP contribution < -0.4 is 4.90 Å². The highest BCUT2D eigenvalue weighted by molar-refractivity contribution is 7.18. The third-order valence-corrected chi connectivity index (χ3v) is 4.98. The van der Waals surface area contributed by atoms with E-state index in [-0.39, 0.29) is 0 Å². The van der Waals surface area contributed by atoms with E-state index >= 15 is 0 Å². The number of aromatic nitrogens is 2. The van der Waals surface area contributed by atoms with E-state index in [1.165, 1.54) is 4.88 Å². The number of rotatable bonds is 2. The van der Waals surface area contributed by atoms with E-state index in [2.05, 4.69) is 39.8 Å². The van der Waals surface area contributed by atoms with Crippen molar-refractivity contribution in [3.63, 3.8) is 0 Å². The van der Waals surface area contributed by atoms with Gasteiger partial charge in [-0.25, -0.2) is 9.97 Å². The molecule has 1 aliphatic heterocycles. The average molecular weight is 297 g/mol. The first-order valence-electron chi connectivity index (χ1n) is 6.57. The normalized spacial score (nSPS) is 17.3. The molecular weight excluding hydrogens is 280 g/mol. The molecule has 1 aliphatic rings. The first-order valence-corrected chi connectivity index (χ1v) is 7.76. The molecule has 0 bridgehead atoms. The molecule has 102 valence electrons. The fourth-order valence-electron chi connectivity index (χ4n) is 2.25. The van der Waals surface area contributed by atoms with Crippen molar-refractivity contribution >= 4 is 39.1 Å². The number of aryl methyl sites for hydroxylation is 1. The van der Waals surface area contributed by atoms with Gasteiger partial charge < -0.3 is 9.80 Å². The number of halogens is 1. The van der Waals surface area contributed by atoms with Gasteiger partial charge in [-0.05, 0) is 19.5 Å². The first kappa shape index (κ1) is 13.1.